The summed E-state index contributed by atoms with van der Waals surface area (Å²) in [5.41, 5.74) is 3.04. The minimum atomic E-state index is -0.0386. The Bertz CT molecular complexity index is 947. The van der Waals surface area contributed by atoms with Crippen molar-refractivity contribution in [2.24, 2.45) is 0 Å². The van der Waals surface area contributed by atoms with Crippen LogP contribution in [0.2, 0.25) is 0 Å². The zero-order chi connectivity index (χ0) is 19.9. The van der Waals surface area contributed by atoms with Gasteiger partial charge in [0.2, 0.25) is 5.91 Å². The van der Waals surface area contributed by atoms with Gasteiger partial charge in [0.25, 0.3) is 0 Å². The van der Waals surface area contributed by atoms with Gasteiger partial charge in [-0.05, 0) is 36.2 Å². The van der Waals surface area contributed by atoms with Crippen LogP contribution < -0.4 is 10.1 Å². The van der Waals surface area contributed by atoms with Gasteiger partial charge in [-0.2, -0.15) is 0 Å². The molecular weight excluding hydrogens is 372 g/mol. The number of benzene rings is 2. The predicted octanol–water partition coefficient (Wildman–Crippen LogP) is 4.15. The standard InChI is InChI=1S/C22H24N2O3S/c1-15(13-26-2)23-21(25)14-28-22-12-19(16-7-5-4-6-8-16)18-10-9-17(27-3)11-20(18)24-22/h4-12,15H,13-14H2,1-3H3,(H,23,25)/t15-/m1/s1. The van der Waals surface area contributed by atoms with E-state index < -0.39 is 0 Å². The highest BCUT2D eigenvalue weighted by Gasteiger charge is 2.12. The summed E-state index contributed by atoms with van der Waals surface area (Å²) in [6, 6.07) is 18.1. The molecule has 0 bridgehead atoms. The number of rotatable bonds is 8. The number of ether oxygens (including phenoxy) is 2. The highest BCUT2D eigenvalue weighted by Crippen LogP contribution is 2.33. The van der Waals surface area contributed by atoms with Gasteiger partial charge in [0.15, 0.2) is 0 Å². The first-order valence-electron chi connectivity index (χ1n) is 9.06. The Kier molecular flexibility index (Phi) is 6.90. The molecule has 3 rings (SSSR count). The van der Waals surface area contributed by atoms with Crippen molar-refractivity contribution in [3.8, 4) is 16.9 Å². The monoisotopic (exact) mass is 396 g/mol. The van der Waals surface area contributed by atoms with Crippen LogP contribution in [0.5, 0.6) is 5.75 Å². The topological polar surface area (TPSA) is 60.5 Å². The maximum absolute atomic E-state index is 12.2. The number of aromatic nitrogens is 1. The quantitative estimate of drug-likeness (QED) is 0.580. The number of hydrogen-bond donors (Lipinski definition) is 1. The van der Waals surface area contributed by atoms with Gasteiger partial charge < -0.3 is 14.8 Å². The van der Waals surface area contributed by atoms with Crippen molar-refractivity contribution < 1.29 is 14.3 Å². The number of amides is 1. The van der Waals surface area contributed by atoms with E-state index in [1.54, 1.807) is 14.2 Å². The Labute approximate surface area is 169 Å². The average Bonchev–Trinajstić information content (AvgIpc) is 2.72. The minimum Gasteiger partial charge on any atom is -0.497 e. The van der Waals surface area contributed by atoms with Gasteiger partial charge in [0, 0.05) is 24.6 Å². The lowest BCUT2D eigenvalue weighted by molar-refractivity contribution is -0.119. The first-order chi connectivity index (χ1) is 13.6. The highest BCUT2D eigenvalue weighted by atomic mass is 32.2. The van der Waals surface area contributed by atoms with Gasteiger partial charge >= 0.3 is 0 Å². The van der Waals surface area contributed by atoms with Crippen LogP contribution in [0.25, 0.3) is 22.0 Å². The van der Waals surface area contributed by atoms with Crippen molar-refractivity contribution in [1.29, 1.82) is 0 Å². The van der Waals surface area contributed by atoms with Gasteiger partial charge in [0.05, 0.1) is 30.0 Å². The molecule has 0 spiro atoms. The molecule has 146 valence electrons. The number of pyridine rings is 1. The van der Waals surface area contributed by atoms with Crippen molar-refractivity contribution in [1.82, 2.24) is 10.3 Å². The molecule has 0 saturated heterocycles. The van der Waals surface area contributed by atoms with Crippen LogP contribution in [-0.4, -0.2) is 43.5 Å². The summed E-state index contributed by atoms with van der Waals surface area (Å²) in [5, 5.41) is 4.77. The largest absolute Gasteiger partial charge is 0.497 e. The molecule has 6 heteroatoms. The van der Waals surface area contributed by atoms with E-state index in [-0.39, 0.29) is 11.9 Å². The number of methoxy groups -OCH3 is 2. The number of nitrogens with one attached hydrogen (secondary N) is 1. The Balaban J connectivity index is 1.89. The van der Waals surface area contributed by atoms with E-state index in [0.29, 0.717) is 12.4 Å². The number of carbonyl (C=O) groups excluding carboxylic acids is 1. The second kappa shape index (κ2) is 9.57. The zero-order valence-electron chi connectivity index (χ0n) is 16.3. The molecule has 1 aromatic heterocycles. The summed E-state index contributed by atoms with van der Waals surface area (Å²) in [6.45, 7) is 2.41. The molecule has 0 unspecified atom stereocenters. The van der Waals surface area contributed by atoms with Crippen LogP contribution in [-0.2, 0) is 9.53 Å². The SMILES string of the molecule is COC[C@@H](C)NC(=O)CSc1cc(-c2ccccc2)c2ccc(OC)cc2n1. The number of nitrogens with zero attached hydrogens (tertiary/aromatic N) is 1. The fourth-order valence-corrected chi connectivity index (χ4v) is 3.72. The predicted molar refractivity (Wildman–Crippen MR) is 114 cm³/mol. The Morgan fingerprint density at radius 3 is 2.64 bits per heavy atom. The highest BCUT2D eigenvalue weighted by molar-refractivity contribution is 7.99. The molecule has 28 heavy (non-hydrogen) atoms. The van der Waals surface area contributed by atoms with E-state index in [1.807, 2.05) is 49.4 Å². The van der Waals surface area contributed by atoms with Gasteiger partial charge in [-0.25, -0.2) is 4.98 Å². The first-order valence-corrected chi connectivity index (χ1v) is 10.0. The number of hydrogen-bond acceptors (Lipinski definition) is 5. The fraction of sp³-hybridized carbons (Fsp3) is 0.273. The molecule has 0 fully saturated rings. The Hall–Kier alpha value is -2.57. The molecule has 1 amide bonds. The van der Waals surface area contributed by atoms with Gasteiger partial charge in [-0.15, -0.1) is 0 Å². The van der Waals surface area contributed by atoms with Crippen molar-refractivity contribution in [3.63, 3.8) is 0 Å². The second-order valence-corrected chi connectivity index (χ2v) is 7.47. The lowest BCUT2D eigenvalue weighted by Gasteiger charge is -2.13. The number of thioether (sulfide) groups is 1. The average molecular weight is 397 g/mol. The van der Waals surface area contributed by atoms with Crippen LogP contribution in [0.1, 0.15) is 6.92 Å². The fourth-order valence-electron chi connectivity index (χ4n) is 2.99. The molecule has 0 saturated carbocycles. The van der Waals surface area contributed by atoms with Crippen molar-refractivity contribution in [3.05, 3.63) is 54.6 Å². The van der Waals surface area contributed by atoms with E-state index in [4.69, 9.17) is 14.5 Å². The third kappa shape index (κ3) is 5.03. The number of fused-ring (bicyclic) bond motifs is 1. The van der Waals surface area contributed by atoms with E-state index in [1.165, 1.54) is 11.8 Å². The van der Waals surface area contributed by atoms with E-state index in [0.717, 1.165) is 32.8 Å². The minimum absolute atomic E-state index is 0.0215. The molecule has 1 heterocycles. The molecule has 2 aromatic carbocycles. The summed E-state index contributed by atoms with van der Waals surface area (Å²) in [7, 11) is 3.26. The molecule has 0 radical (unpaired) electrons. The zero-order valence-corrected chi connectivity index (χ0v) is 17.1. The summed E-state index contributed by atoms with van der Waals surface area (Å²) in [6.07, 6.45) is 0. The molecule has 3 aromatic rings. The summed E-state index contributed by atoms with van der Waals surface area (Å²) in [5.74, 6) is 1.01. The summed E-state index contributed by atoms with van der Waals surface area (Å²) >= 11 is 1.42. The molecule has 0 aliphatic carbocycles. The number of carbonyl (C=O) groups is 1. The van der Waals surface area contributed by atoms with Crippen LogP contribution in [0.15, 0.2) is 59.6 Å². The molecule has 1 N–H and O–H groups in total. The first kappa shape index (κ1) is 20.2. The third-order valence-corrected chi connectivity index (χ3v) is 5.16. The van der Waals surface area contributed by atoms with Crippen molar-refractivity contribution in [2.45, 2.75) is 18.0 Å². The lowest BCUT2D eigenvalue weighted by atomic mass is 10.0. The maximum Gasteiger partial charge on any atom is 0.230 e. The van der Waals surface area contributed by atoms with E-state index in [2.05, 4.69) is 17.4 Å². The van der Waals surface area contributed by atoms with Crippen molar-refractivity contribution in [2.75, 3.05) is 26.6 Å². The Morgan fingerprint density at radius 1 is 1.14 bits per heavy atom. The molecule has 1 atom stereocenters. The molecule has 5 nitrogen and oxygen atoms in total. The summed E-state index contributed by atoms with van der Waals surface area (Å²) < 4.78 is 10.4. The Morgan fingerprint density at radius 2 is 1.93 bits per heavy atom. The molecular formula is C22H24N2O3S. The van der Waals surface area contributed by atoms with E-state index in [9.17, 15) is 4.79 Å². The maximum atomic E-state index is 12.2. The van der Waals surface area contributed by atoms with Gasteiger partial charge in [-0.3, -0.25) is 4.79 Å². The van der Waals surface area contributed by atoms with Crippen LogP contribution >= 0.6 is 11.8 Å². The molecule has 0 aliphatic rings. The van der Waals surface area contributed by atoms with Crippen molar-refractivity contribution >= 4 is 28.6 Å². The summed E-state index contributed by atoms with van der Waals surface area (Å²) in [4.78, 5) is 16.9. The van der Waals surface area contributed by atoms with E-state index >= 15 is 0 Å². The second-order valence-electron chi connectivity index (χ2n) is 6.47. The van der Waals surface area contributed by atoms with Crippen LogP contribution in [0.3, 0.4) is 0 Å². The smallest absolute Gasteiger partial charge is 0.230 e. The molecule has 0 aliphatic heterocycles. The van der Waals surface area contributed by atoms with Crippen LogP contribution in [0.4, 0.5) is 0 Å². The van der Waals surface area contributed by atoms with Gasteiger partial charge in [-0.1, -0.05) is 42.1 Å². The normalized spacial score (nSPS) is 12.0. The van der Waals surface area contributed by atoms with Gasteiger partial charge in [0.1, 0.15) is 5.75 Å². The van der Waals surface area contributed by atoms with Crippen LogP contribution in [0, 0.1) is 0 Å². The lowest BCUT2D eigenvalue weighted by Crippen LogP contribution is -2.36. The third-order valence-electron chi connectivity index (χ3n) is 4.25.